The van der Waals surface area contributed by atoms with Gasteiger partial charge in [0.25, 0.3) is 0 Å². The molecular formula is C10H18N2O3. The Kier molecular flexibility index (Phi) is 4.08. The van der Waals surface area contributed by atoms with Crippen molar-refractivity contribution in [2.45, 2.75) is 44.2 Å². The smallest absolute Gasteiger partial charge is 0.326 e. The van der Waals surface area contributed by atoms with Crippen LogP contribution in [0.15, 0.2) is 0 Å². The molecule has 2 heterocycles. The molecule has 15 heavy (non-hydrogen) atoms. The molecule has 0 radical (unpaired) electrons. The first-order chi connectivity index (χ1) is 7.20. The van der Waals surface area contributed by atoms with Crippen LogP contribution in [0.4, 0.5) is 0 Å². The molecule has 2 saturated heterocycles. The highest BCUT2D eigenvalue weighted by molar-refractivity contribution is 5.85. The monoisotopic (exact) mass is 214 g/mol. The molecule has 86 valence electrons. The number of carbonyl (C=O) groups excluding carboxylic acids is 1. The molecule has 2 atom stereocenters. The van der Waals surface area contributed by atoms with Crippen LogP contribution in [-0.4, -0.2) is 41.0 Å². The summed E-state index contributed by atoms with van der Waals surface area (Å²) in [5, 5.41) is 8.88. The highest BCUT2D eigenvalue weighted by atomic mass is 16.4. The summed E-state index contributed by atoms with van der Waals surface area (Å²) in [4.78, 5) is 23.9. The van der Waals surface area contributed by atoms with E-state index in [4.69, 9.17) is 5.11 Å². The molecule has 0 bridgehead atoms. The number of hydrogen-bond donors (Lipinski definition) is 2. The normalized spacial score (nSPS) is 29.2. The van der Waals surface area contributed by atoms with Crippen LogP contribution in [0.5, 0.6) is 0 Å². The van der Waals surface area contributed by atoms with Gasteiger partial charge in [-0.1, -0.05) is 0 Å². The second kappa shape index (κ2) is 5.11. The third kappa shape index (κ3) is 2.28. The zero-order valence-corrected chi connectivity index (χ0v) is 8.98. The molecule has 2 unspecified atom stereocenters. The number of carboxylic acids is 1. The summed E-state index contributed by atoms with van der Waals surface area (Å²) < 4.78 is 0. The number of piperidine rings is 1. The van der Waals surface area contributed by atoms with E-state index >= 15 is 0 Å². The van der Waals surface area contributed by atoms with Gasteiger partial charge >= 0.3 is 5.97 Å². The number of amides is 1. The van der Waals surface area contributed by atoms with Crippen molar-refractivity contribution in [3.63, 3.8) is 0 Å². The molecular weight excluding hydrogens is 196 g/mol. The molecule has 1 amide bonds. The minimum Gasteiger partial charge on any atom is -0.480 e. The second-order valence-corrected chi connectivity index (χ2v) is 3.78. The summed E-state index contributed by atoms with van der Waals surface area (Å²) >= 11 is 0. The summed E-state index contributed by atoms with van der Waals surface area (Å²) in [5.74, 6) is -0.820. The molecule has 0 aromatic heterocycles. The Morgan fingerprint density at radius 2 is 2.07 bits per heavy atom. The molecule has 0 saturated carbocycles. The Hall–Kier alpha value is -1.10. The minimum absolute atomic E-state index is 0.0288. The Morgan fingerprint density at radius 1 is 1.40 bits per heavy atom. The molecule has 2 aliphatic rings. The Labute approximate surface area is 89.2 Å². The van der Waals surface area contributed by atoms with Gasteiger partial charge < -0.3 is 15.7 Å². The fourth-order valence-corrected chi connectivity index (χ4v) is 2.40. The molecule has 0 spiro atoms. The topological polar surface area (TPSA) is 83.6 Å². The first-order valence-electron chi connectivity index (χ1n) is 5.32. The average molecular weight is 214 g/mol. The van der Waals surface area contributed by atoms with E-state index in [0.29, 0.717) is 12.8 Å². The number of rotatable bonds is 1. The molecule has 5 nitrogen and oxygen atoms in total. The van der Waals surface area contributed by atoms with Crippen molar-refractivity contribution in [3.05, 3.63) is 0 Å². The maximum Gasteiger partial charge on any atom is 0.326 e. The van der Waals surface area contributed by atoms with E-state index in [1.54, 1.807) is 4.90 Å². The van der Waals surface area contributed by atoms with Gasteiger partial charge in [-0.05, 0) is 32.7 Å². The summed E-state index contributed by atoms with van der Waals surface area (Å²) in [6.07, 6.45) is 3.93. The van der Waals surface area contributed by atoms with E-state index in [0.717, 1.165) is 19.3 Å². The fourth-order valence-electron chi connectivity index (χ4n) is 2.40. The molecule has 3 N–H and O–H groups in total. The lowest BCUT2D eigenvalue weighted by Gasteiger charge is -2.32. The van der Waals surface area contributed by atoms with Crippen LogP contribution in [-0.2, 0) is 9.59 Å². The lowest BCUT2D eigenvalue weighted by Crippen LogP contribution is -2.47. The van der Waals surface area contributed by atoms with Gasteiger partial charge in [0.15, 0.2) is 0 Å². The highest BCUT2D eigenvalue weighted by Crippen LogP contribution is 2.32. The maximum absolute atomic E-state index is 11.5. The van der Waals surface area contributed by atoms with Gasteiger partial charge in [0.1, 0.15) is 6.04 Å². The highest BCUT2D eigenvalue weighted by Gasteiger charge is 2.42. The van der Waals surface area contributed by atoms with Crippen molar-refractivity contribution in [2.75, 3.05) is 7.05 Å². The summed E-state index contributed by atoms with van der Waals surface area (Å²) in [7, 11) is 1.50. The molecule has 2 fully saturated rings. The average Bonchev–Trinajstić information content (AvgIpc) is 2.66. The number of fused-ring (bicyclic) bond motifs is 1. The zero-order chi connectivity index (χ0) is 11.4. The second-order valence-electron chi connectivity index (χ2n) is 3.78. The van der Waals surface area contributed by atoms with E-state index in [2.05, 4.69) is 5.73 Å². The van der Waals surface area contributed by atoms with Gasteiger partial charge in [0.05, 0.1) is 0 Å². The third-order valence-electron chi connectivity index (χ3n) is 3.00. The standard InChI is InChI=1S/C9H13NO3.CH5N/c11-8-3-1-2-6-4-5-7(9(12)13)10(6)8;1-2/h6-7H,1-5H2,(H,12,13);2H2,1H3. The van der Waals surface area contributed by atoms with Gasteiger partial charge in [-0.15, -0.1) is 0 Å². The van der Waals surface area contributed by atoms with Crippen LogP contribution in [0.1, 0.15) is 32.1 Å². The van der Waals surface area contributed by atoms with Crippen LogP contribution in [0.25, 0.3) is 0 Å². The van der Waals surface area contributed by atoms with Gasteiger partial charge in [-0.2, -0.15) is 0 Å². The van der Waals surface area contributed by atoms with Crippen LogP contribution < -0.4 is 5.73 Å². The molecule has 0 aromatic carbocycles. The van der Waals surface area contributed by atoms with E-state index < -0.39 is 12.0 Å². The fraction of sp³-hybridized carbons (Fsp3) is 0.800. The van der Waals surface area contributed by atoms with Crippen molar-refractivity contribution in [3.8, 4) is 0 Å². The Morgan fingerprint density at radius 3 is 2.67 bits per heavy atom. The first-order valence-corrected chi connectivity index (χ1v) is 5.32. The SMILES string of the molecule is CN.O=C(O)C1CCC2CCCC(=O)N21. The van der Waals surface area contributed by atoms with Gasteiger partial charge in [-0.3, -0.25) is 4.79 Å². The number of nitrogens with zero attached hydrogens (tertiary/aromatic N) is 1. The molecule has 2 rings (SSSR count). The van der Waals surface area contributed by atoms with E-state index in [9.17, 15) is 9.59 Å². The molecule has 0 aliphatic carbocycles. The zero-order valence-electron chi connectivity index (χ0n) is 8.98. The largest absolute Gasteiger partial charge is 0.480 e. The number of carboxylic acid groups (broad SMARTS) is 1. The van der Waals surface area contributed by atoms with Crippen molar-refractivity contribution in [1.29, 1.82) is 0 Å². The quantitative estimate of drug-likeness (QED) is 0.652. The minimum atomic E-state index is -0.849. The van der Waals surface area contributed by atoms with Crippen LogP contribution in [0.3, 0.4) is 0 Å². The van der Waals surface area contributed by atoms with Crippen LogP contribution >= 0.6 is 0 Å². The third-order valence-corrected chi connectivity index (χ3v) is 3.00. The molecule has 2 aliphatic heterocycles. The van der Waals surface area contributed by atoms with Crippen molar-refractivity contribution >= 4 is 11.9 Å². The predicted molar refractivity (Wildman–Crippen MR) is 55.3 cm³/mol. The molecule has 5 heteroatoms. The van der Waals surface area contributed by atoms with E-state index in [-0.39, 0.29) is 11.9 Å². The lowest BCUT2D eigenvalue weighted by molar-refractivity contribution is -0.151. The Bertz CT molecular complexity index is 255. The maximum atomic E-state index is 11.5. The summed E-state index contributed by atoms with van der Waals surface area (Å²) in [6.45, 7) is 0. The number of nitrogens with two attached hydrogens (primary N) is 1. The van der Waals surface area contributed by atoms with E-state index in [1.165, 1.54) is 7.05 Å². The van der Waals surface area contributed by atoms with Gasteiger partial charge in [0.2, 0.25) is 5.91 Å². The van der Waals surface area contributed by atoms with Crippen LogP contribution in [0.2, 0.25) is 0 Å². The predicted octanol–water partition coefficient (Wildman–Crippen LogP) is 0.189. The van der Waals surface area contributed by atoms with Crippen molar-refractivity contribution < 1.29 is 14.7 Å². The number of aliphatic carboxylic acids is 1. The summed E-state index contributed by atoms with van der Waals surface area (Å²) in [5.41, 5.74) is 4.50. The molecule has 0 aromatic rings. The van der Waals surface area contributed by atoms with E-state index in [1.807, 2.05) is 0 Å². The Balaban J connectivity index is 0.000000531. The lowest BCUT2D eigenvalue weighted by atomic mass is 10.0. The van der Waals surface area contributed by atoms with Crippen LogP contribution in [0, 0.1) is 0 Å². The van der Waals surface area contributed by atoms with Gasteiger partial charge in [0, 0.05) is 12.5 Å². The number of carbonyl (C=O) groups is 2. The summed E-state index contributed by atoms with van der Waals surface area (Å²) in [6, 6.07) is -0.333. The van der Waals surface area contributed by atoms with Gasteiger partial charge in [-0.25, -0.2) is 4.79 Å². The first kappa shape index (κ1) is 12.0. The van der Waals surface area contributed by atoms with Crippen molar-refractivity contribution in [2.24, 2.45) is 5.73 Å². The van der Waals surface area contributed by atoms with Crippen molar-refractivity contribution in [1.82, 2.24) is 4.90 Å². The number of hydrogen-bond acceptors (Lipinski definition) is 3.